The fourth-order valence-corrected chi connectivity index (χ4v) is 5.33. The molecule has 0 atom stereocenters. The fourth-order valence-electron chi connectivity index (χ4n) is 5.33. The maximum Gasteiger partial charge on any atom is 0.376 e. The van der Waals surface area contributed by atoms with E-state index in [0.29, 0.717) is 35.5 Å². The number of aromatic amines is 1. The molecule has 2 amide bonds. The topological polar surface area (TPSA) is 89.5 Å². The second-order valence-corrected chi connectivity index (χ2v) is 10.0. The molecule has 0 unspecified atom stereocenters. The molecule has 1 saturated heterocycles. The zero-order chi connectivity index (χ0) is 26.3. The van der Waals surface area contributed by atoms with Crippen molar-refractivity contribution in [1.29, 1.82) is 0 Å². The van der Waals surface area contributed by atoms with Crippen molar-refractivity contribution >= 4 is 24.4 Å². The fraction of sp³-hybridized carbons (Fsp3) is 0.321. The number of halogens is 1. The van der Waals surface area contributed by atoms with Gasteiger partial charge in [-0.3, -0.25) is 19.6 Å². The van der Waals surface area contributed by atoms with Gasteiger partial charge in [-0.15, -0.1) is 0 Å². The number of nitrogens with zero attached hydrogens (tertiary/aromatic N) is 3. The first kappa shape index (κ1) is 25.1. The number of H-pyrrole nitrogens is 1. The van der Waals surface area contributed by atoms with Crippen LogP contribution in [0.2, 0.25) is 6.82 Å². The maximum atomic E-state index is 13.7. The van der Waals surface area contributed by atoms with Crippen LogP contribution in [0.5, 0.6) is 0 Å². The minimum Gasteiger partial charge on any atom is -0.437 e. The molecular formula is C28H30BFN4O3. The number of carbonyl (C=O) groups excluding carboxylic acids is 2. The van der Waals surface area contributed by atoms with Gasteiger partial charge in [-0.25, -0.2) is 4.39 Å². The minimum absolute atomic E-state index is 0.0730. The SMILES string of the molecule is CB(O)N1CCC(c2[nH]nc(-c3ccc(F)cc3)c2C2=CC(=O)N(Cc3ccc(C)cc3C)C2=O)CC1. The zero-order valence-corrected chi connectivity index (χ0v) is 21.3. The molecule has 1 aromatic heterocycles. The Morgan fingerprint density at radius 1 is 1.11 bits per heavy atom. The van der Waals surface area contributed by atoms with E-state index in [9.17, 15) is 19.0 Å². The average molecular weight is 500 g/mol. The van der Waals surface area contributed by atoms with Gasteiger partial charge in [0.2, 0.25) is 0 Å². The number of aromatic nitrogens is 2. The Labute approximate surface area is 216 Å². The Bertz CT molecular complexity index is 1370. The minimum atomic E-state index is -0.521. The highest BCUT2D eigenvalue weighted by Gasteiger charge is 2.37. The van der Waals surface area contributed by atoms with Gasteiger partial charge in [-0.1, -0.05) is 23.8 Å². The number of hydrogen-bond donors (Lipinski definition) is 2. The van der Waals surface area contributed by atoms with Crippen LogP contribution in [0.15, 0.2) is 48.5 Å². The van der Waals surface area contributed by atoms with E-state index >= 15 is 0 Å². The number of rotatable bonds is 6. The number of amides is 2. The number of piperidine rings is 1. The highest BCUT2D eigenvalue weighted by molar-refractivity contribution is 6.45. The summed E-state index contributed by atoms with van der Waals surface area (Å²) in [7, 11) is -0.521. The van der Waals surface area contributed by atoms with E-state index in [2.05, 4.69) is 10.2 Å². The van der Waals surface area contributed by atoms with E-state index in [1.165, 1.54) is 23.1 Å². The van der Waals surface area contributed by atoms with Gasteiger partial charge in [0.1, 0.15) is 11.5 Å². The predicted octanol–water partition coefficient (Wildman–Crippen LogP) is 4.07. The van der Waals surface area contributed by atoms with Crippen molar-refractivity contribution in [1.82, 2.24) is 19.9 Å². The third-order valence-corrected chi connectivity index (χ3v) is 7.48. The first-order chi connectivity index (χ1) is 17.7. The maximum absolute atomic E-state index is 13.7. The number of carbonyl (C=O) groups is 2. The monoisotopic (exact) mass is 500 g/mol. The summed E-state index contributed by atoms with van der Waals surface area (Å²) in [6.07, 6.45) is 2.94. The molecule has 2 aromatic carbocycles. The van der Waals surface area contributed by atoms with Gasteiger partial charge in [0.05, 0.1) is 12.1 Å². The lowest BCUT2D eigenvalue weighted by Crippen LogP contribution is -2.42. The lowest BCUT2D eigenvalue weighted by atomic mass is 9.79. The Morgan fingerprint density at radius 2 is 1.81 bits per heavy atom. The van der Waals surface area contributed by atoms with Crippen molar-refractivity contribution in [3.05, 3.63) is 82.3 Å². The molecule has 9 heteroatoms. The van der Waals surface area contributed by atoms with E-state index in [4.69, 9.17) is 0 Å². The van der Waals surface area contributed by atoms with E-state index in [-0.39, 0.29) is 30.1 Å². The van der Waals surface area contributed by atoms with Crippen LogP contribution in [-0.4, -0.2) is 56.9 Å². The van der Waals surface area contributed by atoms with Gasteiger partial charge in [-0.2, -0.15) is 5.10 Å². The summed E-state index contributed by atoms with van der Waals surface area (Å²) in [4.78, 5) is 30.1. The summed E-state index contributed by atoms with van der Waals surface area (Å²) in [6.45, 7) is 7.34. The van der Waals surface area contributed by atoms with Crippen LogP contribution < -0.4 is 0 Å². The summed E-state index contributed by atoms with van der Waals surface area (Å²) >= 11 is 0. The van der Waals surface area contributed by atoms with Gasteiger partial charge in [0.15, 0.2) is 0 Å². The van der Waals surface area contributed by atoms with Crippen LogP contribution >= 0.6 is 0 Å². The molecular weight excluding hydrogens is 470 g/mol. The largest absolute Gasteiger partial charge is 0.437 e. The van der Waals surface area contributed by atoms with Crippen molar-refractivity contribution in [2.45, 2.75) is 46.0 Å². The number of aryl methyl sites for hydroxylation is 2. The van der Waals surface area contributed by atoms with Gasteiger partial charge in [0.25, 0.3) is 11.8 Å². The molecule has 5 rings (SSSR count). The molecule has 37 heavy (non-hydrogen) atoms. The Balaban J connectivity index is 1.51. The summed E-state index contributed by atoms with van der Waals surface area (Å²) in [5, 5.41) is 17.7. The summed E-state index contributed by atoms with van der Waals surface area (Å²) in [5.41, 5.74) is 5.94. The van der Waals surface area contributed by atoms with E-state index in [1.54, 1.807) is 19.0 Å². The Kier molecular flexibility index (Phi) is 6.83. The predicted molar refractivity (Wildman–Crippen MR) is 141 cm³/mol. The molecule has 0 spiro atoms. The van der Waals surface area contributed by atoms with E-state index in [0.717, 1.165) is 35.2 Å². The third-order valence-electron chi connectivity index (χ3n) is 7.48. The second kappa shape index (κ2) is 10.1. The van der Waals surface area contributed by atoms with E-state index < -0.39 is 7.05 Å². The van der Waals surface area contributed by atoms with Crippen LogP contribution in [0.4, 0.5) is 4.39 Å². The smallest absolute Gasteiger partial charge is 0.376 e. The molecule has 0 bridgehead atoms. The highest BCUT2D eigenvalue weighted by Crippen LogP contribution is 2.40. The first-order valence-electron chi connectivity index (χ1n) is 12.6. The highest BCUT2D eigenvalue weighted by atomic mass is 19.1. The standard InChI is InChI=1S/C28H30BFN4O3/c1-17-4-5-21(18(2)14-17)16-34-24(35)15-23(28(34)36)25-26(19-6-8-22(30)9-7-19)31-32-27(25)20-10-12-33(13-11-20)29(3)37/h4-9,14-15,20,37H,10-13,16H2,1-3H3,(H,31,32). The summed E-state index contributed by atoms with van der Waals surface area (Å²) in [6, 6.07) is 11.9. The van der Waals surface area contributed by atoms with Crippen molar-refractivity contribution in [3.8, 4) is 11.3 Å². The lowest BCUT2D eigenvalue weighted by molar-refractivity contribution is -0.137. The van der Waals surface area contributed by atoms with Crippen LogP contribution in [0.3, 0.4) is 0 Å². The molecule has 3 heterocycles. The van der Waals surface area contributed by atoms with Gasteiger partial charge < -0.3 is 9.83 Å². The quantitative estimate of drug-likeness (QED) is 0.394. The molecule has 0 saturated carbocycles. The molecule has 0 radical (unpaired) electrons. The molecule has 2 aliphatic rings. The molecule has 190 valence electrons. The normalized spacial score (nSPS) is 17.0. The number of benzene rings is 2. The zero-order valence-electron chi connectivity index (χ0n) is 21.3. The first-order valence-corrected chi connectivity index (χ1v) is 12.6. The van der Waals surface area contributed by atoms with Crippen molar-refractivity contribution in [2.24, 2.45) is 0 Å². The van der Waals surface area contributed by atoms with Crippen molar-refractivity contribution in [2.75, 3.05) is 13.1 Å². The molecule has 1 fully saturated rings. The van der Waals surface area contributed by atoms with E-state index in [1.807, 2.05) is 36.9 Å². The summed E-state index contributed by atoms with van der Waals surface area (Å²) < 4.78 is 13.7. The van der Waals surface area contributed by atoms with Crippen LogP contribution in [-0.2, 0) is 16.1 Å². The number of hydrogen-bond acceptors (Lipinski definition) is 5. The Morgan fingerprint density at radius 3 is 2.46 bits per heavy atom. The average Bonchev–Trinajstić information content (AvgIpc) is 3.42. The number of nitrogens with one attached hydrogen (secondary N) is 1. The van der Waals surface area contributed by atoms with Gasteiger partial charge in [-0.05, 0) is 82.0 Å². The van der Waals surface area contributed by atoms with Gasteiger partial charge >= 0.3 is 7.05 Å². The molecule has 0 aliphatic carbocycles. The Hall–Kier alpha value is -3.56. The van der Waals surface area contributed by atoms with Crippen molar-refractivity contribution in [3.63, 3.8) is 0 Å². The van der Waals surface area contributed by atoms with Gasteiger partial charge in [0, 0.05) is 28.8 Å². The third kappa shape index (κ3) is 4.89. The summed E-state index contributed by atoms with van der Waals surface area (Å²) in [5.74, 6) is -1.01. The second-order valence-electron chi connectivity index (χ2n) is 10.0. The van der Waals surface area contributed by atoms with Crippen LogP contribution in [0.1, 0.15) is 46.7 Å². The van der Waals surface area contributed by atoms with Crippen molar-refractivity contribution < 1.29 is 19.0 Å². The lowest BCUT2D eigenvalue weighted by Gasteiger charge is -2.32. The number of imide groups is 1. The molecule has 7 nitrogen and oxygen atoms in total. The molecule has 2 N–H and O–H groups in total. The molecule has 2 aliphatic heterocycles. The molecule has 3 aromatic rings. The van der Waals surface area contributed by atoms with Crippen LogP contribution in [0.25, 0.3) is 16.8 Å². The van der Waals surface area contributed by atoms with Crippen LogP contribution in [0, 0.1) is 19.7 Å².